The van der Waals surface area contributed by atoms with Crippen molar-refractivity contribution in [2.45, 2.75) is 27.7 Å². The first-order chi connectivity index (χ1) is 16.5. The summed E-state index contributed by atoms with van der Waals surface area (Å²) in [6.07, 6.45) is 0. The number of carbonyl (C=O) groups is 1. The maximum Gasteiger partial charge on any atom is 0.255 e. The van der Waals surface area contributed by atoms with E-state index in [1.54, 1.807) is 23.5 Å². The van der Waals surface area contributed by atoms with E-state index in [-0.39, 0.29) is 5.91 Å². The number of thiazole rings is 1. The van der Waals surface area contributed by atoms with E-state index in [1.807, 2.05) is 64.1 Å². The predicted molar refractivity (Wildman–Crippen MR) is 138 cm³/mol. The third kappa shape index (κ3) is 4.99. The molecule has 3 aromatic carbocycles. The van der Waals surface area contributed by atoms with E-state index in [9.17, 15) is 4.79 Å². The summed E-state index contributed by atoms with van der Waals surface area (Å²) >= 11 is 1.63. The highest BCUT2D eigenvalue weighted by atomic mass is 32.1. The second-order valence-electron chi connectivity index (χ2n) is 7.57. The van der Waals surface area contributed by atoms with Crippen molar-refractivity contribution >= 4 is 33.1 Å². The molecule has 1 amide bonds. The summed E-state index contributed by atoms with van der Waals surface area (Å²) in [6, 6.07) is 17.4. The lowest BCUT2D eigenvalue weighted by Gasteiger charge is -2.17. The molecule has 0 aliphatic rings. The summed E-state index contributed by atoms with van der Waals surface area (Å²) in [4.78, 5) is 18.0. The van der Waals surface area contributed by atoms with E-state index in [1.165, 1.54) is 0 Å². The van der Waals surface area contributed by atoms with Crippen LogP contribution in [-0.2, 0) is 0 Å². The highest BCUT2D eigenvalue weighted by Crippen LogP contribution is 2.39. The number of carbonyl (C=O) groups excluding carboxylic acids is 1. The second-order valence-corrected chi connectivity index (χ2v) is 8.60. The fraction of sp³-hybridized carbons (Fsp3) is 0.259. The largest absolute Gasteiger partial charge is 0.490 e. The molecule has 7 heteroatoms. The fourth-order valence-electron chi connectivity index (χ4n) is 3.60. The molecule has 0 unspecified atom stereocenters. The van der Waals surface area contributed by atoms with Crippen molar-refractivity contribution < 1.29 is 19.0 Å². The van der Waals surface area contributed by atoms with Crippen molar-refractivity contribution in [1.29, 1.82) is 0 Å². The van der Waals surface area contributed by atoms with Gasteiger partial charge in [-0.25, -0.2) is 4.98 Å². The van der Waals surface area contributed by atoms with Gasteiger partial charge in [-0.2, -0.15) is 0 Å². The van der Waals surface area contributed by atoms with E-state index >= 15 is 0 Å². The Kier molecular flexibility index (Phi) is 7.33. The summed E-state index contributed by atoms with van der Waals surface area (Å²) in [6.45, 7) is 8.99. The number of ether oxygens (including phenoxy) is 3. The van der Waals surface area contributed by atoms with Crippen LogP contribution in [0.15, 0.2) is 54.6 Å². The first-order valence-corrected chi connectivity index (χ1v) is 12.2. The van der Waals surface area contributed by atoms with Gasteiger partial charge in [0.1, 0.15) is 5.01 Å². The van der Waals surface area contributed by atoms with Gasteiger partial charge in [0.15, 0.2) is 11.5 Å². The zero-order chi connectivity index (χ0) is 24.1. The van der Waals surface area contributed by atoms with Gasteiger partial charge in [0, 0.05) is 16.8 Å². The highest BCUT2D eigenvalue weighted by molar-refractivity contribution is 7.21. The molecular formula is C27H28N2O4S. The minimum absolute atomic E-state index is 0.255. The van der Waals surface area contributed by atoms with E-state index < -0.39 is 0 Å². The highest BCUT2D eigenvalue weighted by Gasteiger charge is 2.19. The lowest BCUT2D eigenvalue weighted by molar-refractivity contribution is 0.102. The molecule has 176 valence electrons. The van der Waals surface area contributed by atoms with Crippen LogP contribution in [0, 0.1) is 6.92 Å². The smallest absolute Gasteiger partial charge is 0.255 e. The molecule has 6 nitrogen and oxygen atoms in total. The number of aryl methyl sites for hydroxylation is 1. The van der Waals surface area contributed by atoms with Crippen LogP contribution < -0.4 is 19.5 Å². The lowest BCUT2D eigenvalue weighted by atomic mass is 10.1. The number of rotatable bonds is 9. The SMILES string of the molecule is CCOc1cc(C(=O)Nc2cc(-c3nc4ccccc4s3)ccc2C)cc(OCC)c1OCC. The number of benzene rings is 3. The number of amides is 1. The van der Waals surface area contributed by atoms with Crippen LogP contribution in [0.2, 0.25) is 0 Å². The zero-order valence-corrected chi connectivity index (χ0v) is 20.6. The van der Waals surface area contributed by atoms with Crippen molar-refractivity contribution in [3.63, 3.8) is 0 Å². The molecule has 0 atom stereocenters. The summed E-state index contributed by atoms with van der Waals surface area (Å²) in [7, 11) is 0. The number of nitrogens with one attached hydrogen (secondary N) is 1. The van der Waals surface area contributed by atoms with Gasteiger partial charge in [0.05, 0.1) is 30.0 Å². The monoisotopic (exact) mass is 476 g/mol. The number of para-hydroxylation sites is 1. The fourth-order valence-corrected chi connectivity index (χ4v) is 4.56. The molecule has 0 radical (unpaired) electrons. The molecule has 0 aliphatic carbocycles. The molecule has 1 aromatic heterocycles. The first kappa shape index (κ1) is 23.6. The van der Waals surface area contributed by atoms with Gasteiger partial charge in [-0.1, -0.05) is 24.3 Å². The van der Waals surface area contributed by atoms with Crippen LogP contribution >= 0.6 is 11.3 Å². The van der Waals surface area contributed by atoms with Crippen LogP contribution in [0.5, 0.6) is 17.2 Å². The Balaban J connectivity index is 1.66. The van der Waals surface area contributed by atoms with Gasteiger partial charge in [-0.05, 0) is 63.6 Å². The maximum absolute atomic E-state index is 13.3. The number of aromatic nitrogens is 1. The Hall–Kier alpha value is -3.58. The van der Waals surface area contributed by atoms with Gasteiger partial charge >= 0.3 is 0 Å². The zero-order valence-electron chi connectivity index (χ0n) is 19.8. The van der Waals surface area contributed by atoms with Crippen molar-refractivity contribution in [2.24, 2.45) is 0 Å². The van der Waals surface area contributed by atoms with Crippen LogP contribution in [0.4, 0.5) is 5.69 Å². The summed E-state index contributed by atoms with van der Waals surface area (Å²) < 4.78 is 18.4. The predicted octanol–water partition coefficient (Wildman–Crippen LogP) is 6.72. The third-order valence-electron chi connectivity index (χ3n) is 5.20. The Morgan fingerprint density at radius 2 is 1.59 bits per heavy atom. The van der Waals surface area contributed by atoms with Gasteiger partial charge < -0.3 is 19.5 Å². The third-order valence-corrected chi connectivity index (χ3v) is 6.28. The van der Waals surface area contributed by atoms with E-state index in [0.717, 1.165) is 32.0 Å². The number of hydrogen-bond donors (Lipinski definition) is 1. The normalized spacial score (nSPS) is 10.8. The molecule has 1 N–H and O–H groups in total. The summed E-state index contributed by atoms with van der Waals surface area (Å²) in [5.74, 6) is 1.23. The average molecular weight is 477 g/mol. The quantitative estimate of drug-likeness (QED) is 0.290. The Labute approximate surface area is 203 Å². The van der Waals surface area contributed by atoms with E-state index in [0.29, 0.717) is 42.6 Å². The van der Waals surface area contributed by atoms with Gasteiger partial charge in [-0.3, -0.25) is 4.79 Å². The topological polar surface area (TPSA) is 69.7 Å². The minimum atomic E-state index is -0.255. The maximum atomic E-state index is 13.3. The molecule has 4 rings (SSSR count). The summed E-state index contributed by atoms with van der Waals surface area (Å²) in [5, 5.41) is 3.96. The van der Waals surface area contributed by atoms with Crippen molar-refractivity contribution in [3.05, 3.63) is 65.7 Å². The molecular weight excluding hydrogens is 448 g/mol. The van der Waals surface area contributed by atoms with Crippen LogP contribution in [0.1, 0.15) is 36.7 Å². The number of anilines is 1. The Morgan fingerprint density at radius 3 is 2.24 bits per heavy atom. The molecule has 34 heavy (non-hydrogen) atoms. The minimum Gasteiger partial charge on any atom is -0.490 e. The average Bonchev–Trinajstić information content (AvgIpc) is 3.27. The van der Waals surface area contributed by atoms with Gasteiger partial charge in [-0.15, -0.1) is 11.3 Å². The first-order valence-electron chi connectivity index (χ1n) is 11.4. The molecule has 1 heterocycles. The van der Waals surface area contributed by atoms with Crippen molar-refractivity contribution in [3.8, 4) is 27.8 Å². The van der Waals surface area contributed by atoms with Crippen LogP contribution in [0.3, 0.4) is 0 Å². The van der Waals surface area contributed by atoms with Crippen molar-refractivity contribution in [2.75, 3.05) is 25.1 Å². The molecule has 0 fully saturated rings. The van der Waals surface area contributed by atoms with Gasteiger partial charge in [0.25, 0.3) is 5.91 Å². The van der Waals surface area contributed by atoms with E-state index in [2.05, 4.69) is 11.4 Å². The van der Waals surface area contributed by atoms with E-state index in [4.69, 9.17) is 19.2 Å². The number of hydrogen-bond acceptors (Lipinski definition) is 6. The van der Waals surface area contributed by atoms with Gasteiger partial charge in [0.2, 0.25) is 5.75 Å². The van der Waals surface area contributed by atoms with Crippen LogP contribution in [0.25, 0.3) is 20.8 Å². The Bertz CT molecular complexity index is 1260. The summed E-state index contributed by atoms with van der Waals surface area (Å²) in [5.41, 5.74) is 4.04. The Morgan fingerprint density at radius 1 is 0.912 bits per heavy atom. The molecule has 0 aliphatic heterocycles. The molecule has 4 aromatic rings. The molecule has 0 saturated carbocycles. The molecule has 0 bridgehead atoms. The second kappa shape index (κ2) is 10.6. The van der Waals surface area contributed by atoms with Crippen molar-refractivity contribution in [1.82, 2.24) is 4.98 Å². The standard InChI is InChI=1S/C27H28N2O4S/c1-5-31-22-15-19(16-23(32-6-2)25(22)33-7-3)26(30)28-21-14-18(13-12-17(21)4)27-29-20-10-8-9-11-24(20)34-27/h8-16H,5-7H2,1-4H3,(H,28,30). The lowest BCUT2D eigenvalue weighted by Crippen LogP contribution is -2.14. The molecule has 0 saturated heterocycles. The number of nitrogens with zero attached hydrogens (tertiary/aromatic N) is 1. The van der Waals surface area contributed by atoms with Crippen LogP contribution in [-0.4, -0.2) is 30.7 Å². The number of fused-ring (bicyclic) bond motifs is 1. The molecule has 0 spiro atoms.